The van der Waals surface area contributed by atoms with Gasteiger partial charge < -0.3 is 4.74 Å². The molecule has 0 aliphatic carbocycles. The molecule has 0 fully saturated rings. The lowest BCUT2D eigenvalue weighted by Crippen LogP contribution is -1.91. The monoisotopic (exact) mass is 195 g/mol. The second-order valence-corrected chi connectivity index (χ2v) is 3.15. The van der Waals surface area contributed by atoms with Crippen molar-refractivity contribution in [3.63, 3.8) is 0 Å². The SMILES string of the molecule is COc1ccc(C(C)C#N)cc1Cl. The lowest BCUT2D eigenvalue weighted by molar-refractivity contribution is 0.415. The number of methoxy groups -OCH3 is 1. The normalized spacial score (nSPS) is 11.8. The molecule has 3 heteroatoms. The van der Waals surface area contributed by atoms with Gasteiger partial charge in [-0.3, -0.25) is 0 Å². The molecular weight excluding hydrogens is 186 g/mol. The van der Waals surface area contributed by atoms with Gasteiger partial charge in [0.1, 0.15) is 5.75 Å². The van der Waals surface area contributed by atoms with Crippen LogP contribution in [-0.2, 0) is 0 Å². The van der Waals surface area contributed by atoms with Gasteiger partial charge in [0.2, 0.25) is 0 Å². The molecule has 0 aliphatic heterocycles. The van der Waals surface area contributed by atoms with Gasteiger partial charge in [-0.25, -0.2) is 0 Å². The van der Waals surface area contributed by atoms with Crippen molar-refractivity contribution < 1.29 is 4.74 Å². The largest absolute Gasteiger partial charge is 0.495 e. The van der Waals surface area contributed by atoms with Crippen LogP contribution in [0.1, 0.15) is 18.4 Å². The zero-order valence-corrected chi connectivity index (χ0v) is 8.30. The van der Waals surface area contributed by atoms with E-state index < -0.39 is 0 Å². The number of nitrogens with zero attached hydrogens (tertiary/aromatic N) is 1. The third kappa shape index (κ3) is 2.13. The molecule has 13 heavy (non-hydrogen) atoms. The summed E-state index contributed by atoms with van der Waals surface area (Å²) in [6.45, 7) is 1.83. The van der Waals surface area contributed by atoms with Crippen molar-refractivity contribution in [1.29, 1.82) is 5.26 Å². The molecule has 0 N–H and O–H groups in total. The van der Waals surface area contributed by atoms with Crippen molar-refractivity contribution in [2.75, 3.05) is 7.11 Å². The number of hydrogen-bond acceptors (Lipinski definition) is 2. The van der Waals surface area contributed by atoms with E-state index in [-0.39, 0.29) is 5.92 Å². The first kappa shape index (κ1) is 9.88. The van der Waals surface area contributed by atoms with Gasteiger partial charge in [-0.05, 0) is 24.6 Å². The summed E-state index contributed by atoms with van der Waals surface area (Å²) in [5, 5.41) is 9.22. The topological polar surface area (TPSA) is 33.0 Å². The van der Waals surface area contributed by atoms with E-state index in [9.17, 15) is 0 Å². The summed E-state index contributed by atoms with van der Waals surface area (Å²) in [6, 6.07) is 7.52. The van der Waals surface area contributed by atoms with Crippen LogP contribution in [0.3, 0.4) is 0 Å². The third-order valence-corrected chi connectivity index (χ3v) is 2.16. The van der Waals surface area contributed by atoms with Crippen LogP contribution in [0.4, 0.5) is 0 Å². The highest BCUT2D eigenvalue weighted by molar-refractivity contribution is 6.32. The fraction of sp³-hybridized carbons (Fsp3) is 0.300. The first-order chi connectivity index (χ1) is 6.19. The van der Waals surface area contributed by atoms with E-state index in [1.54, 1.807) is 19.2 Å². The molecule has 0 heterocycles. The van der Waals surface area contributed by atoms with Crippen molar-refractivity contribution in [1.82, 2.24) is 0 Å². The molecule has 1 aromatic carbocycles. The summed E-state index contributed by atoms with van der Waals surface area (Å²) in [7, 11) is 1.56. The van der Waals surface area contributed by atoms with Gasteiger partial charge in [0.05, 0.1) is 24.1 Å². The molecular formula is C10H10ClNO. The van der Waals surface area contributed by atoms with Gasteiger partial charge in [-0.15, -0.1) is 0 Å². The Labute approximate surface area is 82.7 Å². The predicted molar refractivity (Wildman–Crippen MR) is 52.0 cm³/mol. The lowest BCUT2D eigenvalue weighted by atomic mass is 10.0. The molecule has 1 unspecified atom stereocenters. The summed E-state index contributed by atoms with van der Waals surface area (Å²) in [6.07, 6.45) is 0. The molecule has 0 radical (unpaired) electrons. The van der Waals surface area contributed by atoms with Gasteiger partial charge in [0, 0.05) is 0 Å². The Hall–Kier alpha value is -1.20. The smallest absolute Gasteiger partial charge is 0.137 e. The average molecular weight is 196 g/mol. The molecule has 0 aromatic heterocycles. The van der Waals surface area contributed by atoms with Crippen molar-refractivity contribution >= 4 is 11.6 Å². The van der Waals surface area contributed by atoms with Crippen molar-refractivity contribution in [3.8, 4) is 11.8 Å². The van der Waals surface area contributed by atoms with Gasteiger partial charge in [-0.2, -0.15) is 5.26 Å². The summed E-state index contributed by atoms with van der Waals surface area (Å²) in [4.78, 5) is 0. The molecule has 0 bridgehead atoms. The second kappa shape index (κ2) is 4.15. The lowest BCUT2D eigenvalue weighted by Gasteiger charge is -2.06. The van der Waals surface area contributed by atoms with Crippen LogP contribution < -0.4 is 4.74 Å². The van der Waals surface area contributed by atoms with E-state index in [1.165, 1.54) is 0 Å². The van der Waals surface area contributed by atoms with Gasteiger partial charge in [0.15, 0.2) is 0 Å². The number of halogens is 1. The molecule has 68 valence electrons. The maximum Gasteiger partial charge on any atom is 0.137 e. The summed E-state index contributed by atoms with van der Waals surface area (Å²) >= 11 is 5.90. The van der Waals surface area contributed by atoms with Crippen LogP contribution in [0, 0.1) is 11.3 Å². The molecule has 1 aromatic rings. The number of rotatable bonds is 2. The zero-order valence-electron chi connectivity index (χ0n) is 7.54. The number of hydrogen-bond donors (Lipinski definition) is 0. The standard InChI is InChI=1S/C10H10ClNO/c1-7(6-12)8-3-4-10(13-2)9(11)5-8/h3-5,7H,1-2H3. The average Bonchev–Trinajstić information content (AvgIpc) is 2.16. The highest BCUT2D eigenvalue weighted by Crippen LogP contribution is 2.27. The van der Waals surface area contributed by atoms with Gasteiger partial charge >= 0.3 is 0 Å². The van der Waals surface area contributed by atoms with E-state index in [4.69, 9.17) is 21.6 Å². The number of benzene rings is 1. The quantitative estimate of drug-likeness (QED) is 0.727. The van der Waals surface area contributed by atoms with E-state index in [2.05, 4.69) is 6.07 Å². The van der Waals surface area contributed by atoms with E-state index >= 15 is 0 Å². The van der Waals surface area contributed by atoms with Crippen LogP contribution in [0.25, 0.3) is 0 Å². The number of nitriles is 1. The van der Waals surface area contributed by atoms with Gasteiger partial charge in [0.25, 0.3) is 0 Å². The first-order valence-electron chi connectivity index (χ1n) is 3.92. The van der Waals surface area contributed by atoms with Crippen molar-refractivity contribution in [3.05, 3.63) is 28.8 Å². The minimum atomic E-state index is -0.136. The van der Waals surface area contributed by atoms with Crippen molar-refractivity contribution in [2.45, 2.75) is 12.8 Å². The van der Waals surface area contributed by atoms with Crippen LogP contribution >= 0.6 is 11.6 Å². The fourth-order valence-electron chi connectivity index (χ4n) is 1.03. The van der Waals surface area contributed by atoms with Crippen molar-refractivity contribution in [2.24, 2.45) is 0 Å². The molecule has 0 spiro atoms. The Kier molecular flexibility index (Phi) is 3.16. The predicted octanol–water partition coefficient (Wildman–Crippen LogP) is 2.98. The van der Waals surface area contributed by atoms with E-state index in [0.29, 0.717) is 10.8 Å². The summed E-state index contributed by atoms with van der Waals surface area (Å²) in [5.41, 5.74) is 0.910. The maximum absolute atomic E-state index is 8.68. The highest BCUT2D eigenvalue weighted by atomic mass is 35.5. The minimum absolute atomic E-state index is 0.136. The highest BCUT2D eigenvalue weighted by Gasteiger charge is 2.06. The van der Waals surface area contributed by atoms with Crippen LogP contribution in [0.5, 0.6) is 5.75 Å². The Morgan fingerprint density at radius 2 is 2.23 bits per heavy atom. The third-order valence-electron chi connectivity index (χ3n) is 1.87. The fourth-order valence-corrected chi connectivity index (χ4v) is 1.29. The van der Waals surface area contributed by atoms with E-state index in [1.807, 2.05) is 13.0 Å². The second-order valence-electron chi connectivity index (χ2n) is 2.74. The minimum Gasteiger partial charge on any atom is -0.495 e. The molecule has 1 atom stereocenters. The molecule has 0 aliphatic rings. The van der Waals surface area contributed by atoms with Gasteiger partial charge in [-0.1, -0.05) is 17.7 Å². The first-order valence-corrected chi connectivity index (χ1v) is 4.30. The van der Waals surface area contributed by atoms with Crippen LogP contribution in [0.15, 0.2) is 18.2 Å². The summed E-state index contributed by atoms with van der Waals surface area (Å²) < 4.78 is 5.00. The maximum atomic E-state index is 8.68. The van der Waals surface area contributed by atoms with Crippen LogP contribution in [0.2, 0.25) is 5.02 Å². The summed E-state index contributed by atoms with van der Waals surface area (Å²) in [5.74, 6) is 0.499. The molecule has 2 nitrogen and oxygen atoms in total. The molecule has 0 saturated carbocycles. The molecule has 0 saturated heterocycles. The zero-order chi connectivity index (χ0) is 9.84. The van der Waals surface area contributed by atoms with E-state index in [0.717, 1.165) is 5.56 Å². The Bertz CT molecular complexity index is 343. The number of ether oxygens (including phenoxy) is 1. The molecule has 1 rings (SSSR count). The molecule has 0 amide bonds. The Morgan fingerprint density at radius 1 is 1.54 bits per heavy atom. The Morgan fingerprint density at radius 3 is 2.69 bits per heavy atom. The Balaban J connectivity index is 3.04. The van der Waals surface area contributed by atoms with Crippen LogP contribution in [-0.4, -0.2) is 7.11 Å².